The quantitative estimate of drug-likeness (QED) is 0.873. The molecule has 3 N–H and O–H groups in total. The standard InChI is InChI=1S/C18H22N4O4/c1-25-17-13(16(19)23)10-12(11-20-17)21-18(24)22-8-4-2-3-6-14(22)15-7-5-9-26-15/h5,7,9-11,14H,2-4,6,8H2,1H3,(H2,19,23)(H,21,24). The highest BCUT2D eigenvalue weighted by molar-refractivity contribution is 5.97. The van der Waals surface area contributed by atoms with Crippen molar-refractivity contribution in [2.24, 2.45) is 5.73 Å². The summed E-state index contributed by atoms with van der Waals surface area (Å²) in [6.45, 7) is 0.628. The average Bonchev–Trinajstić information content (AvgIpc) is 3.05. The van der Waals surface area contributed by atoms with E-state index in [-0.39, 0.29) is 23.5 Å². The van der Waals surface area contributed by atoms with Crippen LogP contribution in [0.25, 0.3) is 0 Å². The van der Waals surface area contributed by atoms with Crippen molar-refractivity contribution < 1.29 is 18.7 Å². The van der Waals surface area contributed by atoms with Crippen molar-refractivity contribution in [1.82, 2.24) is 9.88 Å². The molecule has 0 aromatic carbocycles. The van der Waals surface area contributed by atoms with Crippen molar-refractivity contribution in [3.63, 3.8) is 0 Å². The van der Waals surface area contributed by atoms with Gasteiger partial charge in [0.05, 0.1) is 31.3 Å². The third-order valence-corrected chi connectivity index (χ3v) is 4.45. The van der Waals surface area contributed by atoms with Crippen LogP contribution in [-0.4, -0.2) is 35.5 Å². The Bertz CT molecular complexity index is 776. The molecule has 8 nitrogen and oxygen atoms in total. The Kier molecular flexibility index (Phi) is 5.40. The first-order valence-corrected chi connectivity index (χ1v) is 8.55. The van der Waals surface area contributed by atoms with E-state index in [9.17, 15) is 9.59 Å². The van der Waals surface area contributed by atoms with Gasteiger partial charge in [-0.2, -0.15) is 0 Å². The van der Waals surface area contributed by atoms with Crippen LogP contribution in [0.2, 0.25) is 0 Å². The molecular weight excluding hydrogens is 336 g/mol. The molecule has 1 atom stereocenters. The molecule has 1 fully saturated rings. The van der Waals surface area contributed by atoms with Crippen LogP contribution in [-0.2, 0) is 0 Å². The van der Waals surface area contributed by atoms with Crippen LogP contribution in [0.4, 0.5) is 10.5 Å². The molecule has 3 amide bonds. The first-order valence-electron chi connectivity index (χ1n) is 8.55. The SMILES string of the molecule is COc1ncc(NC(=O)N2CCCCCC2c2ccco2)cc1C(N)=O. The number of anilines is 1. The molecule has 0 radical (unpaired) electrons. The molecular formula is C18H22N4O4. The van der Waals surface area contributed by atoms with Gasteiger partial charge in [0.25, 0.3) is 5.91 Å². The maximum absolute atomic E-state index is 12.9. The topological polar surface area (TPSA) is 111 Å². The number of hydrogen-bond donors (Lipinski definition) is 2. The number of ether oxygens (including phenoxy) is 1. The number of carbonyl (C=O) groups is 2. The minimum Gasteiger partial charge on any atom is -0.480 e. The van der Waals surface area contributed by atoms with Crippen LogP contribution < -0.4 is 15.8 Å². The third kappa shape index (κ3) is 3.79. The molecule has 0 spiro atoms. The van der Waals surface area contributed by atoms with Crippen molar-refractivity contribution in [1.29, 1.82) is 0 Å². The number of carbonyl (C=O) groups excluding carboxylic acids is 2. The summed E-state index contributed by atoms with van der Waals surface area (Å²) in [5.74, 6) is 0.222. The molecule has 1 aliphatic rings. The number of urea groups is 1. The van der Waals surface area contributed by atoms with Crippen LogP contribution in [0.1, 0.15) is 47.8 Å². The number of methoxy groups -OCH3 is 1. The minimum atomic E-state index is -0.673. The third-order valence-electron chi connectivity index (χ3n) is 4.45. The minimum absolute atomic E-state index is 0.115. The van der Waals surface area contributed by atoms with Crippen LogP contribution in [0.3, 0.4) is 0 Å². The number of nitrogens with two attached hydrogens (primary N) is 1. The van der Waals surface area contributed by atoms with E-state index in [2.05, 4.69) is 10.3 Å². The maximum Gasteiger partial charge on any atom is 0.322 e. The van der Waals surface area contributed by atoms with E-state index in [1.165, 1.54) is 19.4 Å². The van der Waals surface area contributed by atoms with Gasteiger partial charge in [0.1, 0.15) is 11.3 Å². The summed E-state index contributed by atoms with van der Waals surface area (Å²) in [6.07, 6.45) is 6.92. The lowest BCUT2D eigenvalue weighted by atomic mass is 10.1. The number of nitrogens with zero attached hydrogens (tertiary/aromatic N) is 2. The highest BCUT2D eigenvalue weighted by atomic mass is 16.5. The summed E-state index contributed by atoms with van der Waals surface area (Å²) in [7, 11) is 1.40. The van der Waals surface area contributed by atoms with E-state index in [0.29, 0.717) is 12.2 Å². The first kappa shape index (κ1) is 17.8. The van der Waals surface area contributed by atoms with Gasteiger partial charge in [-0.15, -0.1) is 0 Å². The fourth-order valence-electron chi connectivity index (χ4n) is 3.18. The summed E-state index contributed by atoms with van der Waals surface area (Å²) in [5.41, 5.74) is 5.84. The molecule has 138 valence electrons. The van der Waals surface area contributed by atoms with Crippen molar-refractivity contribution in [2.75, 3.05) is 19.0 Å². The number of likely N-dealkylation sites (tertiary alicyclic amines) is 1. The second-order valence-electron chi connectivity index (χ2n) is 6.15. The van der Waals surface area contributed by atoms with E-state index in [1.54, 1.807) is 11.2 Å². The van der Waals surface area contributed by atoms with Crippen LogP contribution in [0, 0.1) is 0 Å². The highest BCUT2D eigenvalue weighted by Gasteiger charge is 2.29. The lowest BCUT2D eigenvalue weighted by Gasteiger charge is -2.28. The fourth-order valence-corrected chi connectivity index (χ4v) is 3.18. The van der Waals surface area contributed by atoms with E-state index in [1.807, 2.05) is 12.1 Å². The van der Waals surface area contributed by atoms with Gasteiger partial charge in [-0.05, 0) is 31.0 Å². The smallest absolute Gasteiger partial charge is 0.322 e. The zero-order chi connectivity index (χ0) is 18.5. The number of aromatic nitrogens is 1. The molecule has 3 heterocycles. The number of pyridine rings is 1. The molecule has 2 aromatic rings. The normalized spacial score (nSPS) is 17.4. The zero-order valence-electron chi connectivity index (χ0n) is 14.6. The lowest BCUT2D eigenvalue weighted by Crippen LogP contribution is -2.38. The fraction of sp³-hybridized carbons (Fsp3) is 0.389. The number of nitrogens with one attached hydrogen (secondary N) is 1. The van der Waals surface area contributed by atoms with Crippen LogP contribution in [0.15, 0.2) is 35.1 Å². The van der Waals surface area contributed by atoms with E-state index >= 15 is 0 Å². The predicted octanol–water partition coefficient (Wildman–Crippen LogP) is 2.93. The van der Waals surface area contributed by atoms with Gasteiger partial charge in [0, 0.05) is 6.54 Å². The number of rotatable bonds is 4. The van der Waals surface area contributed by atoms with E-state index in [0.717, 1.165) is 31.4 Å². The number of amides is 3. The Morgan fingerprint density at radius 3 is 2.92 bits per heavy atom. The van der Waals surface area contributed by atoms with E-state index in [4.69, 9.17) is 14.9 Å². The van der Waals surface area contributed by atoms with Gasteiger partial charge < -0.3 is 25.1 Å². The first-order chi connectivity index (χ1) is 12.6. The largest absolute Gasteiger partial charge is 0.480 e. The molecule has 2 aromatic heterocycles. The van der Waals surface area contributed by atoms with Gasteiger partial charge in [-0.3, -0.25) is 4.79 Å². The molecule has 0 bridgehead atoms. The lowest BCUT2D eigenvalue weighted by molar-refractivity contribution is 0.0996. The molecule has 1 aliphatic heterocycles. The summed E-state index contributed by atoms with van der Waals surface area (Å²) in [5, 5.41) is 2.80. The number of furan rings is 1. The Morgan fingerprint density at radius 1 is 1.38 bits per heavy atom. The average molecular weight is 358 g/mol. The maximum atomic E-state index is 12.9. The summed E-state index contributed by atoms with van der Waals surface area (Å²) in [4.78, 5) is 30.2. The summed E-state index contributed by atoms with van der Waals surface area (Å²) >= 11 is 0. The number of hydrogen-bond acceptors (Lipinski definition) is 5. The van der Waals surface area contributed by atoms with Crippen molar-refractivity contribution in [3.05, 3.63) is 42.0 Å². The Labute approximate surface area is 151 Å². The van der Waals surface area contributed by atoms with Crippen LogP contribution >= 0.6 is 0 Å². The van der Waals surface area contributed by atoms with Gasteiger partial charge in [-0.1, -0.05) is 12.8 Å². The molecule has 26 heavy (non-hydrogen) atoms. The Balaban J connectivity index is 1.81. The predicted molar refractivity (Wildman–Crippen MR) is 94.9 cm³/mol. The van der Waals surface area contributed by atoms with E-state index < -0.39 is 5.91 Å². The molecule has 0 saturated carbocycles. The molecule has 8 heteroatoms. The summed E-state index contributed by atoms with van der Waals surface area (Å²) in [6, 6.07) is 4.79. The second-order valence-corrected chi connectivity index (χ2v) is 6.15. The Hall–Kier alpha value is -3.03. The molecule has 1 saturated heterocycles. The van der Waals surface area contributed by atoms with Gasteiger partial charge in [-0.25, -0.2) is 9.78 Å². The summed E-state index contributed by atoms with van der Waals surface area (Å²) < 4.78 is 10.5. The monoisotopic (exact) mass is 358 g/mol. The second kappa shape index (κ2) is 7.90. The van der Waals surface area contributed by atoms with Gasteiger partial charge in [0.2, 0.25) is 5.88 Å². The van der Waals surface area contributed by atoms with Crippen molar-refractivity contribution in [3.8, 4) is 5.88 Å². The van der Waals surface area contributed by atoms with Crippen LogP contribution in [0.5, 0.6) is 5.88 Å². The zero-order valence-corrected chi connectivity index (χ0v) is 14.6. The van der Waals surface area contributed by atoms with Crippen molar-refractivity contribution >= 4 is 17.6 Å². The molecule has 0 aliphatic carbocycles. The molecule has 1 unspecified atom stereocenters. The van der Waals surface area contributed by atoms with Gasteiger partial charge in [0.15, 0.2) is 0 Å². The highest BCUT2D eigenvalue weighted by Crippen LogP contribution is 2.31. The molecule has 3 rings (SSSR count). The van der Waals surface area contributed by atoms with Crippen molar-refractivity contribution in [2.45, 2.75) is 31.7 Å². The number of primary amides is 1. The van der Waals surface area contributed by atoms with Gasteiger partial charge >= 0.3 is 6.03 Å². The Morgan fingerprint density at radius 2 is 2.23 bits per heavy atom.